The first kappa shape index (κ1) is 19.8. The molecular formula is C21H30N4O. The van der Waals surface area contributed by atoms with Gasteiger partial charge in [0, 0.05) is 19.8 Å². The van der Waals surface area contributed by atoms with Gasteiger partial charge >= 0.3 is 0 Å². The zero-order chi connectivity index (χ0) is 19.1. The van der Waals surface area contributed by atoms with Gasteiger partial charge in [-0.05, 0) is 74.3 Å². The first-order chi connectivity index (χ1) is 12.5. The number of benzene rings is 1. The van der Waals surface area contributed by atoms with Crippen LogP contribution in [0, 0.1) is 19.3 Å². The molecule has 0 spiro atoms. The molecule has 0 radical (unpaired) electrons. The van der Waals surface area contributed by atoms with Gasteiger partial charge in [-0.25, -0.2) is 0 Å². The van der Waals surface area contributed by atoms with E-state index in [1.54, 1.807) is 14.0 Å². The third kappa shape index (κ3) is 4.97. The molecule has 1 saturated carbocycles. The lowest BCUT2D eigenvalue weighted by Gasteiger charge is -2.24. The van der Waals surface area contributed by atoms with Crippen molar-refractivity contribution in [1.29, 1.82) is 5.41 Å². The van der Waals surface area contributed by atoms with Gasteiger partial charge in [0.15, 0.2) is 0 Å². The minimum Gasteiger partial charge on any atom is -0.383 e. The zero-order valence-corrected chi connectivity index (χ0v) is 16.3. The van der Waals surface area contributed by atoms with E-state index in [-0.39, 0.29) is 5.91 Å². The maximum atomic E-state index is 12.5. The number of rotatable bonds is 8. The summed E-state index contributed by atoms with van der Waals surface area (Å²) in [6.45, 7) is 6.77. The van der Waals surface area contributed by atoms with Crippen molar-refractivity contribution in [2.45, 2.75) is 46.5 Å². The fraction of sp³-hybridized carbons (Fsp3) is 0.429. The maximum absolute atomic E-state index is 12.5. The normalized spacial score (nSPS) is 14.1. The van der Waals surface area contributed by atoms with Gasteiger partial charge in [0.2, 0.25) is 0 Å². The molecule has 4 N–H and O–H groups in total. The van der Waals surface area contributed by atoms with Crippen molar-refractivity contribution in [3.8, 4) is 0 Å². The minimum absolute atomic E-state index is 0.207. The van der Waals surface area contributed by atoms with E-state index in [1.165, 1.54) is 34.9 Å². The Morgan fingerprint density at radius 3 is 2.50 bits per heavy atom. The molecule has 0 bridgehead atoms. The summed E-state index contributed by atoms with van der Waals surface area (Å²) in [7, 11) is 1.70. The van der Waals surface area contributed by atoms with Crippen LogP contribution in [0.2, 0.25) is 0 Å². The Labute approximate surface area is 156 Å². The Balaban J connectivity index is 2.01. The Kier molecular flexibility index (Phi) is 7.01. The lowest BCUT2D eigenvalue weighted by Crippen LogP contribution is -2.38. The molecule has 5 heteroatoms. The number of likely N-dealkylation sites (N-methyl/N-ethyl adjacent to an activating group) is 1. The van der Waals surface area contributed by atoms with E-state index in [9.17, 15) is 4.79 Å². The van der Waals surface area contributed by atoms with Gasteiger partial charge in [-0.2, -0.15) is 0 Å². The van der Waals surface area contributed by atoms with E-state index in [0.717, 1.165) is 31.6 Å². The molecule has 5 nitrogen and oxygen atoms in total. The highest BCUT2D eigenvalue weighted by Gasteiger charge is 2.18. The molecule has 0 atom stereocenters. The van der Waals surface area contributed by atoms with E-state index < -0.39 is 0 Å². The summed E-state index contributed by atoms with van der Waals surface area (Å²) in [4.78, 5) is 12.5. The topological polar surface area (TPSA) is 77.0 Å². The number of hydrogen-bond donors (Lipinski definition) is 4. The summed E-state index contributed by atoms with van der Waals surface area (Å²) in [5.41, 5.74) is 6.20. The summed E-state index contributed by atoms with van der Waals surface area (Å²) in [5.74, 6) is 0.622. The molecule has 1 amide bonds. The third-order valence-electron chi connectivity index (χ3n) is 4.92. The maximum Gasteiger partial charge on any atom is 0.273 e. The second-order valence-corrected chi connectivity index (χ2v) is 6.83. The van der Waals surface area contributed by atoms with Gasteiger partial charge in [-0.3, -0.25) is 4.79 Å². The number of aryl methyl sites for hydroxylation is 2. The van der Waals surface area contributed by atoms with Gasteiger partial charge in [-0.15, -0.1) is 0 Å². The summed E-state index contributed by atoms with van der Waals surface area (Å²) < 4.78 is 0. The van der Waals surface area contributed by atoms with Gasteiger partial charge in [0.1, 0.15) is 11.5 Å². The summed E-state index contributed by atoms with van der Waals surface area (Å²) in [6, 6.07) is 6.54. The number of hydrogen-bond acceptors (Lipinski definition) is 4. The molecule has 0 aliphatic heterocycles. The van der Waals surface area contributed by atoms with Crippen LogP contribution in [0.1, 0.15) is 42.9 Å². The molecule has 1 fully saturated rings. The highest BCUT2D eigenvalue weighted by Crippen LogP contribution is 2.27. The number of nitrogens with one attached hydrogen (secondary N) is 4. The van der Waals surface area contributed by atoms with Crippen molar-refractivity contribution in [3.63, 3.8) is 0 Å². The Morgan fingerprint density at radius 2 is 1.96 bits per heavy atom. The number of allylic oxidation sites excluding steroid dienone is 2. The van der Waals surface area contributed by atoms with Crippen LogP contribution in [0.5, 0.6) is 0 Å². The fourth-order valence-corrected chi connectivity index (χ4v) is 2.89. The van der Waals surface area contributed by atoms with E-state index in [0.29, 0.717) is 11.3 Å². The van der Waals surface area contributed by atoms with Crippen LogP contribution in [0.15, 0.2) is 40.9 Å². The number of carbonyl (C=O) groups is 1. The van der Waals surface area contributed by atoms with Gasteiger partial charge in [0.05, 0.1) is 0 Å². The SMILES string of the molecule is CN/C(C(=O)NC(NCCc1ccc(C)c(C)c1)=C1CCC1)=C(/C)C=N. The molecule has 2 rings (SSSR count). The van der Waals surface area contributed by atoms with Crippen LogP contribution < -0.4 is 16.0 Å². The highest BCUT2D eigenvalue weighted by molar-refractivity contribution is 5.99. The van der Waals surface area contributed by atoms with Crippen molar-refractivity contribution >= 4 is 12.1 Å². The molecule has 1 aromatic rings. The average molecular weight is 354 g/mol. The Hall–Kier alpha value is -2.56. The quantitative estimate of drug-likeness (QED) is 0.428. The highest BCUT2D eigenvalue weighted by atomic mass is 16.2. The molecule has 0 saturated heterocycles. The standard InChI is InChI=1S/C21H30N4O/c1-14-8-9-17(12-15(14)2)10-11-24-20(18-6-5-7-18)25-21(26)19(23-4)16(3)13-22/h8-9,12-13,22-24H,5-7,10-11H2,1-4H3,(H,25,26)/b19-16-,22-13?. The number of amides is 1. The van der Waals surface area contributed by atoms with Crippen LogP contribution in [-0.4, -0.2) is 25.7 Å². The molecule has 0 aromatic heterocycles. The van der Waals surface area contributed by atoms with Crippen LogP contribution in [-0.2, 0) is 11.2 Å². The van der Waals surface area contributed by atoms with Crippen molar-refractivity contribution in [1.82, 2.24) is 16.0 Å². The van der Waals surface area contributed by atoms with Gasteiger partial charge < -0.3 is 21.4 Å². The first-order valence-electron chi connectivity index (χ1n) is 9.18. The minimum atomic E-state index is -0.207. The smallest absolute Gasteiger partial charge is 0.273 e. The zero-order valence-electron chi connectivity index (χ0n) is 16.3. The van der Waals surface area contributed by atoms with Crippen LogP contribution in [0.25, 0.3) is 0 Å². The predicted octanol–water partition coefficient (Wildman–Crippen LogP) is 3.09. The van der Waals surface area contributed by atoms with E-state index in [2.05, 4.69) is 48.0 Å². The van der Waals surface area contributed by atoms with Crippen LogP contribution in [0.3, 0.4) is 0 Å². The van der Waals surface area contributed by atoms with Gasteiger partial charge in [-0.1, -0.05) is 18.2 Å². The van der Waals surface area contributed by atoms with E-state index >= 15 is 0 Å². The summed E-state index contributed by atoms with van der Waals surface area (Å²) >= 11 is 0. The molecule has 1 aliphatic rings. The Bertz CT molecular complexity index is 740. The third-order valence-corrected chi connectivity index (χ3v) is 4.92. The van der Waals surface area contributed by atoms with Crippen LogP contribution >= 0.6 is 0 Å². The number of carbonyl (C=O) groups excluding carboxylic acids is 1. The predicted molar refractivity (Wildman–Crippen MR) is 107 cm³/mol. The summed E-state index contributed by atoms with van der Waals surface area (Å²) in [6.07, 6.45) is 5.31. The molecule has 1 aliphatic carbocycles. The summed E-state index contributed by atoms with van der Waals surface area (Å²) in [5, 5.41) is 16.7. The van der Waals surface area contributed by atoms with Crippen LogP contribution in [0.4, 0.5) is 0 Å². The molecule has 0 heterocycles. The molecule has 140 valence electrons. The van der Waals surface area contributed by atoms with E-state index in [1.807, 2.05) is 0 Å². The fourth-order valence-electron chi connectivity index (χ4n) is 2.89. The molecule has 0 unspecified atom stereocenters. The lowest BCUT2D eigenvalue weighted by atomic mass is 9.92. The monoisotopic (exact) mass is 354 g/mol. The van der Waals surface area contributed by atoms with Crippen molar-refractivity contribution in [2.75, 3.05) is 13.6 Å². The van der Waals surface area contributed by atoms with Gasteiger partial charge in [0.25, 0.3) is 5.91 Å². The van der Waals surface area contributed by atoms with E-state index in [4.69, 9.17) is 5.41 Å². The van der Waals surface area contributed by atoms with Crippen molar-refractivity contribution in [3.05, 3.63) is 57.6 Å². The second kappa shape index (κ2) is 9.22. The largest absolute Gasteiger partial charge is 0.383 e. The molecule has 1 aromatic carbocycles. The average Bonchev–Trinajstić information content (AvgIpc) is 2.56. The molecular weight excluding hydrogens is 324 g/mol. The Morgan fingerprint density at radius 1 is 1.23 bits per heavy atom. The van der Waals surface area contributed by atoms with Crippen molar-refractivity contribution in [2.24, 2.45) is 0 Å². The van der Waals surface area contributed by atoms with Crippen molar-refractivity contribution < 1.29 is 4.79 Å². The second-order valence-electron chi connectivity index (χ2n) is 6.83. The first-order valence-corrected chi connectivity index (χ1v) is 9.18. The molecule has 26 heavy (non-hydrogen) atoms. The lowest BCUT2D eigenvalue weighted by molar-refractivity contribution is -0.117.